The average Bonchev–Trinajstić information content (AvgIpc) is 2.33. The van der Waals surface area contributed by atoms with Crippen molar-refractivity contribution in [2.75, 3.05) is 13.1 Å². The van der Waals surface area contributed by atoms with Gasteiger partial charge < -0.3 is 10.6 Å². The van der Waals surface area contributed by atoms with Crippen molar-refractivity contribution in [3.63, 3.8) is 0 Å². The second-order valence-electron chi connectivity index (χ2n) is 4.56. The molecule has 2 N–H and O–H groups in total. The van der Waals surface area contributed by atoms with Crippen LogP contribution in [0.25, 0.3) is 0 Å². The zero-order chi connectivity index (χ0) is 14.3. The van der Waals surface area contributed by atoms with E-state index in [1.165, 1.54) is 6.07 Å². The van der Waals surface area contributed by atoms with Crippen molar-refractivity contribution in [2.45, 2.75) is 33.2 Å². The summed E-state index contributed by atoms with van der Waals surface area (Å²) in [6.07, 6.45) is 0.785. The van der Waals surface area contributed by atoms with Gasteiger partial charge in [0, 0.05) is 19.1 Å². The molecule has 0 aliphatic heterocycles. The van der Waals surface area contributed by atoms with Crippen LogP contribution >= 0.6 is 39.9 Å². The Morgan fingerprint density at radius 3 is 2.65 bits per heavy atom. The topological polar surface area (TPSA) is 36.4 Å². The molecule has 1 aromatic rings. The van der Waals surface area contributed by atoms with E-state index in [9.17, 15) is 4.39 Å². The molecule has 114 valence electrons. The van der Waals surface area contributed by atoms with Crippen LogP contribution in [0.4, 0.5) is 4.39 Å². The van der Waals surface area contributed by atoms with Crippen LogP contribution in [-0.2, 0) is 6.42 Å². The van der Waals surface area contributed by atoms with E-state index < -0.39 is 0 Å². The van der Waals surface area contributed by atoms with Crippen LogP contribution in [0.15, 0.2) is 27.7 Å². The van der Waals surface area contributed by atoms with Gasteiger partial charge in [0.25, 0.3) is 0 Å². The molecule has 0 amide bonds. The summed E-state index contributed by atoms with van der Waals surface area (Å²) in [7, 11) is 0. The highest BCUT2D eigenvalue weighted by molar-refractivity contribution is 14.0. The van der Waals surface area contributed by atoms with Crippen LogP contribution in [0.1, 0.15) is 26.3 Å². The third kappa shape index (κ3) is 7.42. The Hall–Kier alpha value is -0.370. The van der Waals surface area contributed by atoms with E-state index >= 15 is 0 Å². The molecule has 0 bridgehead atoms. The van der Waals surface area contributed by atoms with Gasteiger partial charge in [-0.25, -0.2) is 4.39 Å². The molecular formula is C14H22BrFIN3. The van der Waals surface area contributed by atoms with Crippen molar-refractivity contribution >= 4 is 45.9 Å². The molecule has 0 spiro atoms. The third-order valence-electron chi connectivity index (χ3n) is 2.42. The lowest BCUT2D eigenvalue weighted by Crippen LogP contribution is -2.41. The summed E-state index contributed by atoms with van der Waals surface area (Å²) in [6, 6.07) is 5.41. The van der Waals surface area contributed by atoms with Gasteiger partial charge in [0.05, 0.1) is 4.47 Å². The molecule has 20 heavy (non-hydrogen) atoms. The van der Waals surface area contributed by atoms with Crippen molar-refractivity contribution in [3.05, 3.63) is 34.1 Å². The normalized spacial score (nSPS) is 11.2. The number of guanidine groups is 1. The number of nitrogens with one attached hydrogen (secondary N) is 2. The lowest BCUT2D eigenvalue weighted by molar-refractivity contribution is 0.620. The summed E-state index contributed by atoms with van der Waals surface area (Å²) in [4.78, 5) is 4.49. The number of halogens is 3. The summed E-state index contributed by atoms with van der Waals surface area (Å²) in [5, 5.41) is 6.45. The van der Waals surface area contributed by atoms with Gasteiger partial charge in [-0.15, -0.1) is 24.0 Å². The summed E-state index contributed by atoms with van der Waals surface area (Å²) < 4.78 is 13.6. The zero-order valence-electron chi connectivity index (χ0n) is 12.0. The Kier molecular flexibility index (Phi) is 10.2. The maximum atomic E-state index is 13.1. The van der Waals surface area contributed by atoms with E-state index in [0.717, 1.165) is 24.5 Å². The van der Waals surface area contributed by atoms with Gasteiger partial charge in [-0.3, -0.25) is 4.99 Å². The average molecular weight is 458 g/mol. The third-order valence-corrected chi connectivity index (χ3v) is 3.03. The predicted molar refractivity (Wildman–Crippen MR) is 97.5 cm³/mol. The van der Waals surface area contributed by atoms with Gasteiger partial charge in [-0.2, -0.15) is 0 Å². The van der Waals surface area contributed by atoms with E-state index in [4.69, 9.17) is 0 Å². The SMILES string of the molecule is CCNC(=NCCc1ccc(F)c(Br)c1)NC(C)C.I. The first-order chi connectivity index (χ1) is 9.02. The van der Waals surface area contributed by atoms with Crippen LogP contribution in [-0.4, -0.2) is 25.1 Å². The maximum Gasteiger partial charge on any atom is 0.191 e. The van der Waals surface area contributed by atoms with E-state index in [-0.39, 0.29) is 29.8 Å². The van der Waals surface area contributed by atoms with Crippen LogP contribution in [0, 0.1) is 5.82 Å². The predicted octanol–water partition coefficient (Wildman–Crippen LogP) is 3.71. The molecule has 0 atom stereocenters. The minimum Gasteiger partial charge on any atom is -0.357 e. The molecule has 6 heteroatoms. The molecule has 0 saturated heterocycles. The largest absolute Gasteiger partial charge is 0.357 e. The smallest absolute Gasteiger partial charge is 0.191 e. The lowest BCUT2D eigenvalue weighted by atomic mass is 10.1. The quantitative estimate of drug-likeness (QED) is 0.401. The van der Waals surface area contributed by atoms with Crippen molar-refractivity contribution in [1.29, 1.82) is 0 Å². The minimum atomic E-state index is -0.234. The Balaban J connectivity index is 0.00000361. The molecule has 0 radical (unpaired) electrons. The fourth-order valence-corrected chi connectivity index (χ4v) is 2.01. The first-order valence-corrected chi connectivity index (χ1v) is 7.31. The highest BCUT2D eigenvalue weighted by Gasteiger charge is 2.02. The highest BCUT2D eigenvalue weighted by atomic mass is 127. The van der Waals surface area contributed by atoms with E-state index in [2.05, 4.69) is 45.4 Å². The van der Waals surface area contributed by atoms with Crippen molar-refractivity contribution in [2.24, 2.45) is 4.99 Å². The van der Waals surface area contributed by atoms with Crippen LogP contribution in [0.5, 0.6) is 0 Å². The number of rotatable bonds is 5. The van der Waals surface area contributed by atoms with Gasteiger partial charge in [-0.1, -0.05) is 6.07 Å². The molecular weight excluding hydrogens is 436 g/mol. The number of hydrogen-bond donors (Lipinski definition) is 2. The van der Waals surface area contributed by atoms with Gasteiger partial charge in [0.15, 0.2) is 5.96 Å². The molecule has 1 aromatic carbocycles. The van der Waals surface area contributed by atoms with Gasteiger partial charge in [0.2, 0.25) is 0 Å². The summed E-state index contributed by atoms with van der Waals surface area (Å²) in [6.45, 7) is 7.68. The van der Waals surface area contributed by atoms with Crippen molar-refractivity contribution in [3.8, 4) is 0 Å². The molecule has 0 aliphatic carbocycles. The van der Waals surface area contributed by atoms with Crippen molar-refractivity contribution in [1.82, 2.24) is 10.6 Å². The van der Waals surface area contributed by atoms with Gasteiger partial charge in [0.1, 0.15) is 5.82 Å². The van der Waals surface area contributed by atoms with Crippen molar-refractivity contribution < 1.29 is 4.39 Å². The molecule has 0 heterocycles. The van der Waals surface area contributed by atoms with Crippen LogP contribution < -0.4 is 10.6 Å². The van der Waals surface area contributed by atoms with Gasteiger partial charge >= 0.3 is 0 Å². The Morgan fingerprint density at radius 2 is 2.10 bits per heavy atom. The lowest BCUT2D eigenvalue weighted by Gasteiger charge is -2.13. The van der Waals surface area contributed by atoms with Crippen LogP contribution in [0.2, 0.25) is 0 Å². The Bertz CT molecular complexity index is 438. The summed E-state index contributed by atoms with van der Waals surface area (Å²) >= 11 is 3.19. The molecule has 1 rings (SSSR count). The minimum absolute atomic E-state index is 0. The number of nitrogens with zero attached hydrogens (tertiary/aromatic N) is 1. The molecule has 0 fully saturated rings. The molecule has 0 saturated carbocycles. The summed E-state index contributed by atoms with van der Waals surface area (Å²) in [5.41, 5.74) is 1.07. The first-order valence-electron chi connectivity index (χ1n) is 6.51. The molecule has 3 nitrogen and oxygen atoms in total. The summed E-state index contributed by atoms with van der Waals surface area (Å²) in [5.74, 6) is 0.584. The Morgan fingerprint density at radius 1 is 1.40 bits per heavy atom. The monoisotopic (exact) mass is 457 g/mol. The number of benzene rings is 1. The van der Waals surface area contributed by atoms with Gasteiger partial charge in [-0.05, 0) is 60.8 Å². The second-order valence-corrected chi connectivity index (χ2v) is 5.41. The second kappa shape index (κ2) is 10.4. The number of aliphatic imine (C=N–C) groups is 1. The van der Waals surface area contributed by atoms with Crippen LogP contribution in [0.3, 0.4) is 0 Å². The molecule has 0 aromatic heterocycles. The van der Waals surface area contributed by atoms with E-state index in [1.807, 2.05) is 6.92 Å². The van der Waals surface area contributed by atoms with E-state index in [0.29, 0.717) is 17.1 Å². The zero-order valence-corrected chi connectivity index (χ0v) is 16.0. The number of hydrogen-bond acceptors (Lipinski definition) is 1. The standard InChI is InChI=1S/C14H21BrFN3.HI/c1-4-17-14(19-10(2)3)18-8-7-11-5-6-13(16)12(15)9-11;/h5-6,9-10H,4,7-8H2,1-3H3,(H2,17,18,19);1H. The highest BCUT2D eigenvalue weighted by Crippen LogP contribution is 2.17. The first kappa shape index (κ1) is 19.6. The molecule has 0 aliphatic rings. The van der Waals surface area contributed by atoms with E-state index in [1.54, 1.807) is 12.1 Å². The Labute approximate surface area is 146 Å². The fraction of sp³-hybridized carbons (Fsp3) is 0.500. The molecule has 0 unspecified atom stereocenters. The maximum absolute atomic E-state index is 13.1. The fourth-order valence-electron chi connectivity index (χ4n) is 1.59.